The van der Waals surface area contributed by atoms with Gasteiger partial charge in [0, 0.05) is 51.6 Å². The maximum atomic E-state index is 10.3. The van der Waals surface area contributed by atoms with Crippen LogP contribution in [0.5, 0.6) is 0 Å². The fourth-order valence-corrected chi connectivity index (χ4v) is 7.94. The Kier molecular flexibility index (Phi) is 78.7. The molecule has 390 valence electrons. The van der Waals surface area contributed by atoms with Crippen LogP contribution in [0, 0.1) is 0 Å². The summed E-state index contributed by atoms with van der Waals surface area (Å²) in [6.45, 7) is 10.3. The van der Waals surface area contributed by atoms with Gasteiger partial charge in [-0.25, -0.2) is 0 Å². The summed E-state index contributed by atoms with van der Waals surface area (Å²) in [6.07, 6.45) is 60.4. The van der Waals surface area contributed by atoms with E-state index in [4.69, 9.17) is 20.4 Å². The third-order valence-corrected chi connectivity index (χ3v) is 12.0. The average Bonchev–Trinajstić information content (AvgIpc) is 3.25. The first kappa shape index (κ1) is 73.2. The number of hydrogen-bond donors (Lipinski definition) is 4. The maximum Gasteiger partial charge on any atom is 0.303 e. The number of carboxylic acids is 3. The summed E-state index contributed by atoms with van der Waals surface area (Å²) in [5, 5.41) is 33.6. The van der Waals surface area contributed by atoms with E-state index in [1.165, 1.54) is 250 Å². The Morgan fingerprint density at radius 2 is 0.354 bits per heavy atom. The zero-order chi connectivity index (χ0) is 48.3. The second-order valence-corrected chi connectivity index (χ2v) is 19.4. The summed E-state index contributed by atoms with van der Waals surface area (Å²) < 4.78 is 0. The van der Waals surface area contributed by atoms with Crippen molar-refractivity contribution < 1.29 is 61.0 Å². The van der Waals surface area contributed by atoms with Crippen LogP contribution in [0.3, 0.4) is 0 Å². The van der Waals surface area contributed by atoms with Crippen LogP contribution in [0.15, 0.2) is 0 Å². The molecule has 0 unspecified atom stereocenters. The average molecular weight is 1000 g/mol. The van der Waals surface area contributed by atoms with Crippen LogP contribution in [0.4, 0.5) is 0 Å². The fourth-order valence-electron chi connectivity index (χ4n) is 7.94. The standard InChI is InChI=1S/3C18H36O2.C3H8O.Zr/c3*1-2-3-4-5-6-7-8-9-10-11-12-13-14-15-16-17-18(19)20;1-3(2)4;/h3*2-17H2,1H3,(H,19,20);3-4H,1-2H3;. The van der Waals surface area contributed by atoms with Crippen molar-refractivity contribution in [2.75, 3.05) is 0 Å². The van der Waals surface area contributed by atoms with E-state index < -0.39 is 17.9 Å². The van der Waals surface area contributed by atoms with E-state index in [0.717, 1.165) is 38.5 Å². The molecule has 0 aliphatic carbocycles. The van der Waals surface area contributed by atoms with E-state index in [2.05, 4.69) is 20.8 Å². The molecule has 0 rings (SSSR count). The number of carbonyl (C=O) groups is 3. The molecule has 8 heteroatoms. The van der Waals surface area contributed by atoms with Crippen molar-refractivity contribution in [2.24, 2.45) is 0 Å². The Morgan fingerprint density at radius 1 is 0.262 bits per heavy atom. The van der Waals surface area contributed by atoms with E-state index in [-0.39, 0.29) is 32.3 Å². The van der Waals surface area contributed by atoms with E-state index in [9.17, 15) is 14.4 Å². The first-order valence-corrected chi connectivity index (χ1v) is 28.4. The number of aliphatic hydroxyl groups is 1. The molecule has 0 spiro atoms. The van der Waals surface area contributed by atoms with Crippen molar-refractivity contribution >= 4 is 17.9 Å². The molecule has 65 heavy (non-hydrogen) atoms. The van der Waals surface area contributed by atoms with Crippen LogP contribution in [-0.4, -0.2) is 44.4 Å². The second-order valence-electron chi connectivity index (χ2n) is 19.4. The van der Waals surface area contributed by atoms with Gasteiger partial charge in [-0.2, -0.15) is 0 Å². The number of aliphatic hydroxyl groups excluding tert-OH is 1. The van der Waals surface area contributed by atoms with Crippen LogP contribution in [0.1, 0.15) is 343 Å². The van der Waals surface area contributed by atoms with Gasteiger partial charge >= 0.3 is 17.9 Å². The zero-order valence-corrected chi connectivity index (χ0v) is 47.0. The Labute approximate surface area is 425 Å². The molecule has 0 aromatic heterocycles. The smallest absolute Gasteiger partial charge is 0.303 e. The SMILES string of the molecule is CC(C)O.CCCCCCCCCCCCCCCCCC(=O)O.CCCCCCCCCCCCCCCCCC(=O)O.CCCCCCCCCCCCCCCCCC(=O)O.[Zr]. The molecular formula is C57H116O7Zr. The minimum atomic E-state index is -0.653. The number of unbranched alkanes of at least 4 members (excludes halogenated alkanes) is 42. The monoisotopic (exact) mass is 1000 g/mol. The number of carboxylic acid groups (broad SMARTS) is 3. The molecule has 0 saturated carbocycles. The van der Waals surface area contributed by atoms with Crippen molar-refractivity contribution in [1.82, 2.24) is 0 Å². The molecule has 0 fully saturated rings. The number of hydrogen-bond acceptors (Lipinski definition) is 4. The first-order valence-electron chi connectivity index (χ1n) is 28.4. The van der Waals surface area contributed by atoms with Gasteiger partial charge in [0.1, 0.15) is 0 Å². The van der Waals surface area contributed by atoms with E-state index in [1.54, 1.807) is 13.8 Å². The van der Waals surface area contributed by atoms with Crippen molar-refractivity contribution in [3.05, 3.63) is 0 Å². The van der Waals surface area contributed by atoms with Crippen LogP contribution in [0.25, 0.3) is 0 Å². The quantitative estimate of drug-likeness (QED) is 0.0446. The molecule has 0 aliphatic rings. The second kappa shape index (κ2) is 69.8. The van der Waals surface area contributed by atoms with E-state index >= 15 is 0 Å². The third-order valence-electron chi connectivity index (χ3n) is 12.0. The summed E-state index contributed by atoms with van der Waals surface area (Å²) in [6, 6.07) is 0. The van der Waals surface area contributed by atoms with Crippen LogP contribution in [0.2, 0.25) is 0 Å². The van der Waals surface area contributed by atoms with Gasteiger partial charge in [0.05, 0.1) is 0 Å². The molecule has 0 heterocycles. The Morgan fingerprint density at radius 3 is 0.446 bits per heavy atom. The summed E-state index contributed by atoms with van der Waals surface area (Å²) in [5.41, 5.74) is 0. The van der Waals surface area contributed by atoms with Crippen molar-refractivity contribution in [2.45, 2.75) is 349 Å². The van der Waals surface area contributed by atoms with Gasteiger partial charge in [-0.1, -0.05) is 290 Å². The molecule has 0 aliphatic heterocycles. The van der Waals surface area contributed by atoms with Gasteiger partial charge in [-0.15, -0.1) is 0 Å². The molecule has 4 N–H and O–H groups in total. The van der Waals surface area contributed by atoms with Gasteiger partial charge in [-0.05, 0) is 33.1 Å². The van der Waals surface area contributed by atoms with Crippen molar-refractivity contribution in [3.63, 3.8) is 0 Å². The molecule has 0 saturated heterocycles. The van der Waals surface area contributed by atoms with Gasteiger partial charge in [0.25, 0.3) is 0 Å². The molecule has 0 bridgehead atoms. The van der Waals surface area contributed by atoms with E-state index in [0.29, 0.717) is 19.3 Å². The maximum absolute atomic E-state index is 10.3. The Balaban J connectivity index is -0.000000263. The van der Waals surface area contributed by atoms with Crippen molar-refractivity contribution in [1.29, 1.82) is 0 Å². The van der Waals surface area contributed by atoms with Crippen LogP contribution >= 0.6 is 0 Å². The van der Waals surface area contributed by atoms with Gasteiger partial charge < -0.3 is 20.4 Å². The fraction of sp³-hybridized carbons (Fsp3) is 0.947. The first-order chi connectivity index (χ1) is 31.0. The topological polar surface area (TPSA) is 132 Å². The summed E-state index contributed by atoms with van der Waals surface area (Å²) in [5.74, 6) is -1.96. The van der Waals surface area contributed by atoms with Gasteiger partial charge in [-0.3, -0.25) is 14.4 Å². The third kappa shape index (κ3) is 94.0. The van der Waals surface area contributed by atoms with Gasteiger partial charge in [0.2, 0.25) is 0 Å². The summed E-state index contributed by atoms with van der Waals surface area (Å²) in [4.78, 5) is 31.0. The van der Waals surface area contributed by atoms with Crippen molar-refractivity contribution in [3.8, 4) is 0 Å². The van der Waals surface area contributed by atoms with Gasteiger partial charge in [0.15, 0.2) is 0 Å². The summed E-state index contributed by atoms with van der Waals surface area (Å²) in [7, 11) is 0. The van der Waals surface area contributed by atoms with Crippen LogP contribution < -0.4 is 0 Å². The number of aliphatic carboxylic acids is 3. The Bertz CT molecular complexity index is 761. The largest absolute Gasteiger partial charge is 0.481 e. The molecule has 0 radical (unpaired) electrons. The molecule has 7 nitrogen and oxygen atoms in total. The predicted octanol–water partition coefficient (Wildman–Crippen LogP) is 19.4. The minimum Gasteiger partial charge on any atom is -0.481 e. The molecular weight excluding hydrogens is 888 g/mol. The Hall–Kier alpha value is -0.747. The zero-order valence-electron chi connectivity index (χ0n) is 44.5. The predicted molar refractivity (Wildman–Crippen MR) is 279 cm³/mol. The molecule has 0 aromatic carbocycles. The normalized spacial score (nSPS) is 10.6. The number of rotatable bonds is 48. The van der Waals surface area contributed by atoms with E-state index in [1.807, 2.05) is 0 Å². The minimum absolute atomic E-state index is 0. The summed E-state index contributed by atoms with van der Waals surface area (Å²) >= 11 is 0. The molecule has 0 atom stereocenters. The molecule has 0 amide bonds. The van der Waals surface area contributed by atoms with Crippen LogP contribution in [-0.2, 0) is 40.6 Å². The molecule has 0 aromatic rings.